The zero-order valence-electron chi connectivity index (χ0n) is 17.3. The Kier molecular flexibility index (Phi) is 6.37. The van der Waals surface area contributed by atoms with Gasteiger partial charge in [-0.3, -0.25) is 9.59 Å². The van der Waals surface area contributed by atoms with Gasteiger partial charge in [0.05, 0.1) is 13.7 Å². The number of carbonyl (C=O) groups is 2. The third-order valence-electron chi connectivity index (χ3n) is 5.30. The number of benzene rings is 2. The van der Waals surface area contributed by atoms with E-state index >= 15 is 0 Å². The quantitative estimate of drug-likeness (QED) is 0.547. The van der Waals surface area contributed by atoms with Crippen LogP contribution in [-0.2, 0) is 14.3 Å². The van der Waals surface area contributed by atoms with E-state index in [2.05, 4.69) is 0 Å². The second-order valence-corrected chi connectivity index (χ2v) is 7.33. The van der Waals surface area contributed by atoms with E-state index in [0.29, 0.717) is 6.42 Å². The predicted octanol–water partition coefficient (Wildman–Crippen LogP) is 4.08. The standard InChI is InChI=1S/C24H27NO4/c1-5-29-24(27)23-21(17-6-10-19(11-7-17)25(2)3)14-18(15-22(23)26)16-8-12-20(28-4)13-9-16/h6-13,15,21,23H,5,14H2,1-4H3. The van der Waals surface area contributed by atoms with Gasteiger partial charge in [0.25, 0.3) is 0 Å². The lowest BCUT2D eigenvalue weighted by Crippen LogP contribution is -2.34. The number of ketones is 1. The summed E-state index contributed by atoms with van der Waals surface area (Å²) in [7, 11) is 5.58. The van der Waals surface area contributed by atoms with Gasteiger partial charge in [-0.05, 0) is 60.4 Å². The van der Waals surface area contributed by atoms with Gasteiger partial charge in [-0.1, -0.05) is 24.3 Å². The maximum absolute atomic E-state index is 13.0. The van der Waals surface area contributed by atoms with Gasteiger partial charge < -0.3 is 14.4 Å². The minimum Gasteiger partial charge on any atom is -0.497 e. The first kappa shape index (κ1) is 20.6. The van der Waals surface area contributed by atoms with E-state index in [1.165, 1.54) is 0 Å². The summed E-state index contributed by atoms with van der Waals surface area (Å²) >= 11 is 0. The highest BCUT2D eigenvalue weighted by Gasteiger charge is 2.39. The van der Waals surface area contributed by atoms with Crippen molar-refractivity contribution in [1.82, 2.24) is 0 Å². The van der Waals surface area contributed by atoms with Crippen LogP contribution in [0, 0.1) is 5.92 Å². The van der Waals surface area contributed by atoms with Crippen LogP contribution in [0.25, 0.3) is 5.57 Å². The summed E-state index contributed by atoms with van der Waals surface area (Å²) in [6.45, 7) is 2.01. The summed E-state index contributed by atoms with van der Waals surface area (Å²) in [6, 6.07) is 15.6. The smallest absolute Gasteiger partial charge is 0.317 e. The number of nitrogens with zero attached hydrogens (tertiary/aromatic N) is 1. The molecule has 0 saturated heterocycles. The van der Waals surface area contributed by atoms with Crippen molar-refractivity contribution in [3.8, 4) is 5.75 Å². The molecule has 5 heteroatoms. The summed E-state index contributed by atoms with van der Waals surface area (Å²) < 4.78 is 10.4. The van der Waals surface area contributed by atoms with Crippen molar-refractivity contribution < 1.29 is 19.1 Å². The molecule has 0 spiro atoms. The molecule has 1 aliphatic carbocycles. The molecule has 0 fully saturated rings. The van der Waals surface area contributed by atoms with E-state index in [9.17, 15) is 9.59 Å². The molecule has 0 heterocycles. The number of carbonyl (C=O) groups excluding carboxylic acids is 2. The van der Waals surface area contributed by atoms with Gasteiger partial charge in [0, 0.05) is 25.7 Å². The molecule has 0 radical (unpaired) electrons. The Morgan fingerprint density at radius 1 is 1.07 bits per heavy atom. The molecular formula is C24H27NO4. The average Bonchev–Trinajstić information content (AvgIpc) is 2.73. The number of allylic oxidation sites excluding steroid dienone is 2. The first-order valence-corrected chi connectivity index (χ1v) is 9.77. The van der Waals surface area contributed by atoms with Crippen LogP contribution in [0.15, 0.2) is 54.6 Å². The van der Waals surface area contributed by atoms with Crippen LogP contribution in [-0.4, -0.2) is 39.6 Å². The Labute approximate surface area is 171 Å². The SMILES string of the molecule is CCOC(=O)C1C(=O)C=C(c2ccc(OC)cc2)CC1c1ccc(N(C)C)cc1. The number of hydrogen-bond acceptors (Lipinski definition) is 5. The van der Waals surface area contributed by atoms with Crippen LogP contribution in [0.2, 0.25) is 0 Å². The molecule has 5 nitrogen and oxygen atoms in total. The highest BCUT2D eigenvalue weighted by Crippen LogP contribution is 2.41. The van der Waals surface area contributed by atoms with Gasteiger partial charge in [-0.25, -0.2) is 0 Å². The van der Waals surface area contributed by atoms with E-state index in [4.69, 9.17) is 9.47 Å². The van der Waals surface area contributed by atoms with Gasteiger partial charge in [0.15, 0.2) is 5.78 Å². The Bertz CT molecular complexity index is 897. The van der Waals surface area contributed by atoms with Crippen molar-refractivity contribution >= 4 is 23.0 Å². The van der Waals surface area contributed by atoms with Gasteiger partial charge in [0.1, 0.15) is 11.7 Å². The third-order valence-corrected chi connectivity index (χ3v) is 5.30. The zero-order valence-corrected chi connectivity index (χ0v) is 17.3. The summed E-state index contributed by atoms with van der Waals surface area (Å²) in [5.41, 5.74) is 3.90. The summed E-state index contributed by atoms with van der Waals surface area (Å²) in [5.74, 6) is -0.981. The van der Waals surface area contributed by atoms with Gasteiger partial charge in [0.2, 0.25) is 0 Å². The lowest BCUT2D eigenvalue weighted by molar-refractivity contribution is -0.151. The lowest BCUT2D eigenvalue weighted by Gasteiger charge is -2.30. The van der Waals surface area contributed by atoms with Crippen LogP contribution in [0.3, 0.4) is 0 Å². The molecule has 0 amide bonds. The molecule has 0 saturated carbocycles. The first-order valence-electron chi connectivity index (χ1n) is 9.77. The van der Waals surface area contributed by atoms with Crippen LogP contribution >= 0.6 is 0 Å². The van der Waals surface area contributed by atoms with E-state index in [0.717, 1.165) is 28.1 Å². The van der Waals surface area contributed by atoms with Gasteiger partial charge in [-0.2, -0.15) is 0 Å². The maximum atomic E-state index is 13.0. The average molecular weight is 393 g/mol. The molecule has 2 aromatic carbocycles. The highest BCUT2D eigenvalue weighted by atomic mass is 16.5. The lowest BCUT2D eigenvalue weighted by atomic mass is 9.73. The van der Waals surface area contributed by atoms with Crippen molar-refractivity contribution in [2.45, 2.75) is 19.3 Å². The monoisotopic (exact) mass is 393 g/mol. The molecule has 0 aromatic heterocycles. The van der Waals surface area contributed by atoms with Crippen molar-refractivity contribution in [3.63, 3.8) is 0 Å². The Morgan fingerprint density at radius 3 is 2.28 bits per heavy atom. The van der Waals surface area contributed by atoms with Crippen molar-refractivity contribution in [2.75, 3.05) is 32.7 Å². The van der Waals surface area contributed by atoms with Crippen molar-refractivity contribution in [3.05, 3.63) is 65.7 Å². The number of esters is 1. The topological polar surface area (TPSA) is 55.8 Å². The molecule has 0 bridgehead atoms. The second kappa shape index (κ2) is 8.95. The highest BCUT2D eigenvalue weighted by molar-refractivity contribution is 6.10. The van der Waals surface area contributed by atoms with Crippen LogP contribution < -0.4 is 9.64 Å². The van der Waals surface area contributed by atoms with Gasteiger partial charge >= 0.3 is 5.97 Å². The van der Waals surface area contributed by atoms with Crippen LogP contribution in [0.4, 0.5) is 5.69 Å². The van der Waals surface area contributed by atoms with Crippen molar-refractivity contribution in [1.29, 1.82) is 0 Å². The zero-order chi connectivity index (χ0) is 21.0. The van der Waals surface area contributed by atoms with Crippen LogP contribution in [0.1, 0.15) is 30.4 Å². The number of hydrogen-bond donors (Lipinski definition) is 0. The molecule has 3 rings (SSSR count). The molecule has 29 heavy (non-hydrogen) atoms. The molecular weight excluding hydrogens is 366 g/mol. The summed E-state index contributed by atoms with van der Waals surface area (Å²) in [6.07, 6.45) is 2.18. The van der Waals surface area contributed by atoms with Gasteiger partial charge in [-0.15, -0.1) is 0 Å². The minimum atomic E-state index is -0.817. The molecule has 0 N–H and O–H groups in total. The van der Waals surface area contributed by atoms with E-state index in [1.54, 1.807) is 20.1 Å². The molecule has 2 atom stereocenters. The fraction of sp³-hybridized carbons (Fsp3) is 0.333. The number of ether oxygens (including phenoxy) is 2. The third kappa shape index (κ3) is 4.50. The summed E-state index contributed by atoms with van der Waals surface area (Å²) in [5, 5.41) is 0. The van der Waals surface area contributed by atoms with E-state index in [1.807, 2.05) is 67.5 Å². The first-order chi connectivity index (χ1) is 13.9. The molecule has 152 valence electrons. The summed E-state index contributed by atoms with van der Waals surface area (Å²) in [4.78, 5) is 27.6. The molecule has 1 aliphatic rings. The molecule has 0 aliphatic heterocycles. The Balaban J connectivity index is 1.98. The van der Waals surface area contributed by atoms with E-state index < -0.39 is 11.9 Å². The Morgan fingerprint density at radius 2 is 1.72 bits per heavy atom. The molecule has 2 aromatic rings. The minimum absolute atomic E-state index is 0.206. The second-order valence-electron chi connectivity index (χ2n) is 7.33. The van der Waals surface area contributed by atoms with E-state index in [-0.39, 0.29) is 18.3 Å². The maximum Gasteiger partial charge on any atom is 0.317 e. The molecule has 2 unspecified atom stereocenters. The normalized spacial score (nSPS) is 18.8. The fourth-order valence-electron chi connectivity index (χ4n) is 3.72. The fourth-order valence-corrected chi connectivity index (χ4v) is 3.72. The number of rotatable bonds is 6. The number of anilines is 1. The van der Waals surface area contributed by atoms with Crippen LogP contribution in [0.5, 0.6) is 5.75 Å². The predicted molar refractivity (Wildman–Crippen MR) is 114 cm³/mol. The number of methoxy groups -OCH3 is 1. The van der Waals surface area contributed by atoms with Crippen molar-refractivity contribution in [2.24, 2.45) is 5.92 Å². The Hall–Kier alpha value is -3.08. The largest absolute Gasteiger partial charge is 0.497 e.